The molecule has 0 saturated heterocycles. The molecule has 5 aromatic rings. The number of benzene rings is 3. The van der Waals surface area contributed by atoms with Crippen molar-refractivity contribution >= 4 is 10.9 Å². The number of ether oxygens (including phenoxy) is 4. The molecule has 3 aromatic carbocycles. The van der Waals surface area contributed by atoms with Crippen LogP contribution in [0.2, 0.25) is 0 Å². The number of aromatic amines is 1. The van der Waals surface area contributed by atoms with Crippen LogP contribution in [-0.2, 0) is 6.54 Å². The van der Waals surface area contributed by atoms with Gasteiger partial charge in [-0.3, -0.25) is 9.36 Å². The summed E-state index contributed by atoms with van der Waals surface area (Å²) in [4.78, 5) is 33.2. The van der Waals surface area contributed by atoms with Gasteiger partial charge in [-0.05, 0) is 54.1 Å². The van der Waals surface area contributed by atoms with Crippen LogP contribution in [0.15, 0.2) is 68.7 Å². The molecular formula is C25H16N4O7. The maximum absolute atomic E-state index is 13.1. The van der Waals surface area contributed by atoms with E-state index in [1.165, 1.54) is 0 Å². The summed E-state index contributed by atoms with van der Waals surface area (Å²) in [5.41, 5.74) is 1.43. The first-order chi connectivity index (χ1) is 17.6. The number of hydrogen-bond acceptors (Lipinski definition) is 9. The SMILES string of the molecule is O=c1[nH]c2cc(-c3nc(-c4ccc5c(c4)OCO5)no3)ccc2c(=O)n1Cc1ccc2c(c1)OCO2. The molecule has 4 heterocycles. The smallest absolute Gasteiger partial charge is 0.329 e. The highest BCUT2D eigenvalue weighted by molar-refractivity contribution is 5.82. The fraction of sp³-hybridized carbons (Fsp3) is 0.120. The van der Waals surface area contributed by atoms with E-state index in [-0.39, 0.29) is 26.0 Å². The molecule has 36 heavy (non-hydrogen) atoms. The van der Waals surface area contributed by atoms with Gasteiger partial charge in [-0.1, -0.05) is 11.2 Å². The van der Waals surface area contributed by atoms with Gasteiger partial charge in [0.05, 0.1) is 17.4 Å². The van der Waals surface area contributed by atoms with Gasteiger partial charge < -0.3 is 28.5 Å². The minimum atomic E-state index is -0.533. The number of rotatable bonds is 4. The highest BCUT2D eigenvalue weighted by atomic mass is 16.7. The predicted octanol–water partition coefficient (Wildman–Crippen LogP) is 2.91. The molecule has 11 nitrogen and oxygen atoms in total. The second kappa shape index (κ2) is 7.73. The molecule has 0 aliphatic carbocycles. The lowest BCUT2D eigenvalue weighted by Crippen LogP contribution is -2.35. The maximum atomic E-state index is 13.1. The average Bonchev–Trinajstić information content (AvgIpc) is 3.66. The molecule has 2 aliphatic rings. The van der Waals surface area contributed by atoms with Crippen molar-refractivity contribution in [3.63, 3.8) is 0 Å². The molecule has 0 bridgehead atoms. The van der Waals surface area contributed by atoms with Crippen molar-refractivity contribution in [2.45, 2.75) is 6.54 Å². The molecule has 0 radical (unpaired) electrons. The van der Waals surface area contributed by atoms with Crippen LogP contribution < -0.4 is 30.2 Å². The van der Waals surface area contributed by atoms with E-state index < -0.39 is 11.2 Å². The van der Waals surface area contributed by atoms with Crippen LogP contribution in [0.4, 0.5) is 0 Å². The molecule has 0 fully saturated rings. The largest absolute Gasteiger partial charge is 0.454 e. The average molecular weight is 484 g/mol. The van der Waals surface area contributed by atoms with E-state index >= 15 is 0 Å². The van der Waals surface area contributed by atoms with Crippen LogP contribution in [0.25, 0.3) is 33.7 Å². The van der Waals surface area contributed by atoms with E-state index in [2.05, 4.69) is 15.1 Å². The molecule has 0 spiro atoms. The molecule has 2 aliphatic heterocycles. The molecule has 7 rings (SSSR count). The third kappa shape index (κ3) is 3.28. The summed E-state index contributed by atoms with van der Waals surface area (Å²) in [6.45, 7) is 0.408. The van der Waals surface area contributed by atoms with Crippen LogP contribution in [0.3, 0.4) is 0 Å². The second-order valence-corrected chi connectivity index (χ2v) is 8.26. The van der Waals surface area contributed by atoms with E-state index in [1.54, 1.807) is 48.5 Å². The Morgan fingerprint density at radius 3 is 2.36 bits per heavy atom. The number of nitrogens with one attached hydrogen (secondary N) is 1. The first kappa shape index (κ1) is 20.3. The summed E-state index contributed by atoms with van der Waals surface area (Å²) in [7, 11) is 0. The van der Waals surface area contributed by atoms with Crippen LogP contribution >= 0.6 is 0 Å². The maximum Gasteiger partial charge on any atom is 0.329 e. The Balaban J connectivity index is 1.21. The van der Waals surface area contributed by atoms with E-state index in [0.29, 0.717) is 50.9 Å². The van der Waals surface area contributed by atoms with Gasteiger partial charge in [0.2, 0.25) is 19.4 Å². The van der Waals surface area contributed by atoms with E-state index in [4.69, 9.17) is 23.5 Å². The summed E-state index contributed by atoms with van der Waals surface area (Å²) in [5.74, 6) is 3.10. The molecule has 1 N–H and O–H groups in total. The molecule has 0 saturated carbocycles. The van der Waals surface area contributed by atoms with Gasteiger partial charge in [-0.2, -0.15) is 4.98 Å². The van der Waals surface area contributed by atoms with Crippen molar-refractivity contribution < 1.29 is 23.5 Å². The number of nitrogens with zero attached hydrogens (tertiary/aromatic N) is 3. The molecule has 0 amide bonds. The van der Waals surface area contributed by atoms with Crippen LogP contribution in [-0.4, -0.2) is 33.3 Å². The summed E-state index contributed by atoms with van der Waals surface area (Å²) in [6, 6.07) is 15.6. The number of fused-ring (bicyclic) bond motifs is 3. The topological polar surface area (TPSA) is 131 Å². The molecule has 2 aromatic heterocycles. The second-order valence-electron chi connectivity index (χ2n) is 8.26. The molecule has 11 heteroatoms. The van der Waals surface area contributed by atoms with Crippen molar-refractivity contribution in [3.8, 4) is 45.8 Å². The van der Waals surface area contributed by atoms with Gasteiger partial charge in [0.15, 0.2) is 23.0 Å². The van der Waals surface area contributed by atoms with Gasteiger partial charge in [-0.25, -0.2) is 4.79 Å². The minimum Gasteiger partial charge on any atom is -0.454 e. The fourth-order valence-corrected chi connectivity index (χ4v) is 4.25. The Bertz CT molecular complexity index is 1790. The van der Waals surface area contributed by atoms with Crippen LogP contribution in [0.1, 0.15) is 5.56 Å². The van der Waals surface area contributed by atoms with Crippen molar-refractivity contribution in [2.75, 3.05) is 13.6 Å². The third-order valence-electron chi connectivity index (χ3n) is 6.06. The highest BCUT2D eigenvalue weighted by Gasteiger charge is 2.18. The van der Waals surface area contributed by atoms with E-state index in [1.807, 2.05) is 6.07 Å². The zero-order valence-electron chi connectivity index (χ0n) is 18.5. The first-order valence-electron chi connectivity index (χ1n) is 11.0. The van der Waals surface area contributed by atoms with Gasteiger partial charge in [0, 0.05) is 11.1 Å². The summed E-state index contributed by atoms with van der Waals surface area (Å²) >= 11 is 0. The van der Waals surface area contributed by atoms with E-state index in [9.17, 15) is 9.59 Å². The Kier molecular flexibility index (Phi) is 4.37. The van der Waals surface area contributed by atoms with Crippen LogP contribution in [0.5, 0.6) is 23.0 Å². The number of hydrogen-bond donors (Lipinski definition) is 1. The number of aromatic nitrogens is 4. The van der Waals surface area contributed by atoms with Gasteiger partial charge >= 0.3 is 5.69 Å². The van der Waals surface area contributed by atoms with Gasteiger partial charge in [0.1, 0.15) is 0 Å². The monoisotopic (exact) mass is 484 g/mol. The zero-order valence-corrected chi connectivity index (χ0v) is 18.5. The summed E-state index contributed by atoms with van der Waals surface area (Å²) < 4.78 is 28.0. The Hall–Kier alpha value is -5.06. The quantitative estimate of drug-likeness (QED) is 0.409. The predicted molar refractivity (Wildman–Crippen MR) is 125 cm³/mol. The van der Waals surface area contributed by atoms with Crippen molar-refractivity contribution in [2.24, 2.45) is 0 Å². The lowest BCUT2D eigenvalue weighted by atomic mass is 10.1. The van der Waals surface area contributed by atoms with Crippen molar-refractivity contribution in [1.82, 2.24) is 19.7 Å². The van der Waals surface area contributed by atoms with E-state index in [0.717, 1.165) is 10.1 Å². The minimum absolute atomic E-state index is 0.0883. The molecule has 0 unspecified atom stereocenters. The standard InChI is InChI=1S/C25H16N4O7/c30-24-16-4-2-15(23-27-22(28-36-23)14-3-6-19-21(9-14)35-12-33-19)8-17(16)26-25(31)29(24)10-13-1-5-18-20(7-13)34-11-32-18/h1-9H,10-12H2,(H,26,31). The normalized spacial score (nSPS) is 13.4. The summed E-state index contributed by atoms with van der Waals surface area (Å²) in [6.07, 6.45) is 0. The Labute approximate surface area is 201 Å². The van der Waals surface area contributed by atoms with Crippen molar-refractivity contribution in [1.29, 1.82) is 0 Å². The molecule has 178 valence electrons. The van der Waals surface area contributed by atoms with Crippen molar-refractivity contribution in [3.05, 3.63) is 81.0 Å². The molecular weight excluding hydrogens is 468 g/mol. The lowest BCUT2D eigenvalue weighted by Gasteiger charge is -2.08. The number of H-pyrrole nitrogens is 1. The Morgan fingerprint density at radius 2 is 1.53 bits per heavy atom. The van der Waals surface area contributed by atoms with Gasteiger partial charge in [0.25, 0.3) is 11.4 Å². The third-order valence-corrected chi connectivity index (χ3v) is 6.06. The lowest BCUT2D eigenvalue weighted by molar-refractivity contribution is 0.173. The highest BCUT2D eigenvalue weighted by Crippen LogP contribution is 2.36. The molecule has 0 atom stereocenters. The zero-order chi connectivity index (χ0) is 24.2. The fourth-order valence-electron chi connectivity index (χ4n) is 4.25. The Morgan fingerprint density at radius 1 is 0.806 bits per heavy atom. The van der Waals surface area contributed by atoms with Gasteiger partial charge in [-0.15, -0.1) is 0 Å². The summed E-state index contributed by atoms with van der Waals surface area (Å²) in [5, 5.41) is 4.41. The first-order valence-corrected chi connectivity index (χ1v) is 11.0. The van der Waals surface area contributed by atoms with Crippen LogP contribution in [0, 0.1) is 0 Å².